The van der Waals surface area contributed by atoms with Gasteiger partial charge in [0.25, 0.3) is 0 Å². The average Bonchev–Trinajstić information content (AvgIpc) is 3.26. The lowest BCUT2D eigenvalue weighted by Gasteiger charge is -2.27. The number of nitrogens with one attached hydrogen (secondary N) is 1. The number of nitrogens with zero attached hydrogens (tertiary/aromatic N) is 3. The molecule has 136 valence electrons. The third kappa shape index (κ3) is 4.04. The Morgan fingerprint density at radius 2 is 2.24 bits per heavy atom. The molecule has 0 spiro atoms. The molecule has 0 aliphatic carbocycles. The Hall–Kier alpha value is -1.44. The van der Waals surface area contributed by atoms with Crippen molar-refractivity contribution in [3.63, 3.8) is 0 Å². The summed E-state index contributed by atoms with van der Waals surface area (Å²) >= 11 is 1.59. The first-order valence-corrected chi connectivity index (χ1v) is 9.57. The summed E-state index contributed by atoms with van der Waals surface area (Å²) in [4.78, 5) is 20.2. The zero-order chi connectivity index (χ0) is 16.4. The molecule has 0 saturated carbocycles. The first-order valence-electron chi connectivity index (χ1n) is 8.69. The largest absolute Gasteiger partial charge is 0.339 e. The van der Waals surface area contributed by atoms with E-state index >= 15 is 0 Å². The Morgan fingerprint density at radius 3 is 3.08 bits per heavy atom. The second-order valence-electron chi connectivity index (χ2n) is 6.52. The van der Waals surface area contributed by atoms with Gasteiger partial charge < -0.3 is 14.7 Å². The van der Waals surface area contributed by atoms with Gasteiger partial charge >= 0.3 is 0 Å². The highest BCUT2D eigenvalue weighted by molar-refractivity contribution is 7.13. The number of hydrogen-bond acceptors (Lipinski definition) is 6. The summed E-state index contributed by atoms with van der Waals surface area (Å²) in [5.41, 5.74) is 0. The van der Waals surface area contributed by atoms with Crippen LogP contribution in [0.25, 0.3) is 10.7 Å². The molecule has 2 aromatic rings. The molecule has 2 bridgehead atoms. The van der Waals surface area contributed by atoms with Crippen molar-refractivity contribution in [3.8, 4) is 10.7 Å². The van der Waals surface area contributed by atoms with Crippen LogP contribution in [0.15, 0.2) is 22.0 Å². The van der Waals surface area contributed by atoms with E-state index in [9.17, 15) is 4.79 Å². The summed E-state index contributed by atoms with van der Waals surface area (Å²) in [7, 11) is 0. The van der Waals surface area contributed by atoms with Crippen LogP contribution in [0.3, 0.4) is 0 Å². The molecule has 2 aliphatic heterocycles. The van der Waals surface area contributed by atoms with Gasteiger partial charge in [-0.15, -0.1) is 23.7 Å². The van der Waals surface area contributed by atoms with E-state index in [4.69, 9.17) is 4.52 Å². The molecular weight excluding hydrogens is 360 g/mol. The maximum Gasteiger partial charge on any atom is 0.226 e. The third-order valence-electron chi connectivity index (χ3n) is 4.93. The third-order valence-corrected chi connectivity index (χ3v) is 5.80. The van der Waals surface area contributed by atoms with Gasteiger partial charge in [-0.25, -0.2) is 0 Å². The van der Waals surface area contributed by atoms with Crippen molar-refractivity contribution in [2.75, 3.05) is 13.1 Å². The van der Waals surface area contributed by atoms with E-state index < -0.39 is 0 Å². The van der Waals surface area contributed by atoms with Crippen LogP contribution < -0.4 is 5.32 Å². The lowest BCUT2D eigenvalue weighted by atomic mass is 10.1. The van der Waals surface area contributed by atoms with E-state index in [-0.39, 0.29) is 18.3 Å². The van der Waals surface area contributed by atoms with E-state index in [2.05, 4.69) is 20.4 Å². The Morgan fingerprint density at radius 1 is 1.36 bits per heavy atom. The number of amides is 1. The van der Waals surface area contributed by atoms with Gasteiger partial charge in [0.2, 0.25) is 17.6 Å². The van der Waals surface area contributed by atoms with Crippen molar-refractivity contribution in [2.24, 2.45) is 0 Å². The monoisotopic (exact) mass is 382 g/mol. The van der Waals surface area contributed by atoms with Crippen LogP contribution in [0.1, 0.15) is 38.0 Å². The molecule has 2 atom stereocenters. The number of aromatic nitrogens is 2. The molecular formula is C17H23ClN4O2S. The van der Waals surface area contributed by atoms with Crippen LogP contribution in [-0.2, 0) is 11.2 Å². The summed E-state index contributed by atoms with van der Waals surface area (Å²) in [5, 5.41) is 9.44. The lowest BCUT2D eigenvalue weighted by molar-refractivity contribution is -0.133. The van der Waals surface area contributed by atoms with E-state index in [0.717, 1.165) is 43.6 Å². The number of halogens is 1. The number of aryl methyl sites for hydroxylation is 1. The normalized spacial score (nSPS) is 22.5. The molecule has 2 aliphatic rings. The molecule has 1 amide bonds. The van der Waals surface area contributed by atoms with Gasteiger partial charge in [0, 0.05) is 31.5 Å². The fraction of sp³-hybridized carbons (Fsp3) is 0.588. The van der Waals surface area contributed by atoms with Crippen LogP contribution in [0.5, 0.6) is 0 Å². The highest BCUT2D eigenvalue weighted by Crippen LogP contribution is 2.29. The number of carbonyl (C=O) groups is 1. The second kappa shape index (κ2) is 8.29. The minimum Gasteiger partial charge on any atom is -0.339 e. The maximum absolute atomic E-state index is 12.6. The van der Waals surface area contributed by atoms with E-state index in [0.29, 0.717) is 36.6 Å². The van der Waals surface area contributed by atoms with Gasteiger partial charge in [0.1, 0.15) is 0 Å². The molecule has 2 fully saturated rings. The smallest absolute Gasteiger partial charge is 0.226 e. The first kappa shape index (κ1) is 18.4. The molecule has 25 heavy (non-hydrogen) atoms. The SMILES string of the molecule is Cl.O=C(CCCc1nc(-c2cccs2)no1)N1C2CCNCC1CC2. The Kier molecular flexibility index (Phi) is 6.09. The number of carbonyl (C=O) groups excluding carboxylic acids is 1. The summed E-state index contributed by atoms with van der Waals surface area (Å²) in [5.74, 6) is 1.54. The summed E-state index contributed by atoms with van der Waals surface area (Å²) in [6.45, 7) is 1.97. The predicted molar refractivity (Wildman–Crippen MR) is 98.9 cm³/mol. The van der Waals surface area contributed by atoms with Gasteiger partial charge in [0.15, 0.2) is 0 Å². The average molecular weight is 383 g/mol. The van der Waals surface area contributed by atoms with Gasteiger partial charge in [-0.2, -0.15) is 4.98 Å². The molecule has 0 aromatic carbocycles. The van der Waals surface area contributed by atoms with Gasteiger partial charge in [-0.3, -0.25) is 4.79 Å². The zero-order valence-corrected chi connectivity index (χ0v) is 15.7. The number of thiophene rings is 1. The maximum atomic E-state index is 12.6. The van der Waals surface area contributed by atoms with Crippen molar-refractivity contribution in [3.05, 3.63) is 23.4 Å². The molecule has 1 N–H and O–H groups in total. The molecule has 4 rings (SSSR count). The fourth-order valence-corrected chi connectivity index (χ4v) is 4.42. The van der Waals surface area contributed by atoms with Crippen LogP contribution in [0.4, 0.5) is 0 Å². The zero-order valence-electron chi connectivity index (χ0n) is 14.0. The van der Waals surface area contributed by atoms with Crippen LogP contribution >= 0.6 is 23.7 Å². The van der Waals surface area contributed by atoms with Crippen molar-refractivity contribution < 1.29 is 9.32 Å². The van der Waals surface area contributed by atoms with Crippen LogP contribution in [-0.4, -0.2) is 46.1 Å². The van der Waals surface area contributed by atoms with Crippen LogP contribution in [0, 0.1) is 0 Å². The quantitative estimate of drug-likeness (QED) is 0.860. The van der Waals surface area contributed by atoms with Gasteiger partial charge in [-0.05, 0) is 43.7 Å². The van der Waals surface area contributed by atoms with Crippen molar-refractivity contribution in [2.45, 2.75) is 50.6 Å². The standard InChI is InChI=1S/C17H22N4O2S.ClH/c22-16(21-12-6-7-13(21)11-18-9-8-12)5-1-4-15-19-17(20-23-15)14-3-2-10-24-14;/h2-3,10,12-13,18H,1,4-9,11H2;1H. The molecule has 2 saturated heterocycles. The first-order chi connectivity index (χ1) is 11.8. The fourth-order valence-electron chi connectivity index (χ4n) is 3.77. The minimum absolute atomic E-state index is 0. The minimum atomic E-state index is 0. The summed E-state index contributed by atoms with van der Waals surface area (Å²) < 4.78 is 5.30. The second-order valence-corrected chi connectivity index (χ2v) is 7.47. The molecule has 2 unspecified atom stereocenters. The van der Waals surface area contributed by atoms with Gasteiger partial charge in [-0.1, -0.05) is 11.2 Å². The predicted octanol–water partition coefficient (Wildman–Crippen LogP) is 2.90. The van der Waals surface area contributed by atoms with Crippen LogP contribution in [0.2, 0.25) is 0 Å². The highest BCUT2D eigenvalue weighted by Gasteiger charge is 2.37. The topological polar surface area (TPSA) is 71.3 Å². The highest BCUT2D eigenvalue weighted by atomic mass is 35.5. The van der Waals surface area contributed by atoms with E-state index in [1.807, 2.05) is 17.5 Å². The van der Waals surface area contributed by atoms with E-state index in [1.54, 1.807) is 11.3 Å². The van der Waals surface area contributed by atoms with E-state index in [1.165, 1.54) is 0 Å². The number of fused-ring (bicyclic) bond motifs is 2. The lowest BCUT2D eigenvalue weighted by Crippen LogP contribution is -2.42. The Labute approximate surface area is 157 Å². The van der Waals surface area contributed by atoms with Crippen molar-refractivity contribution in [1.82, 2.24) is 20.4 Å². The molecule has 2 aromatic heterocycles. The molecule has 0 radical (unpaired) electrons. The number of rotatable bonds is 5. The molecule has 6 nitrogen and oxygen atoms in total. The number of hydrogen-bond donors (Lipinski definition) is 1. The molecule has 8 heteroatoms. The van der Waals surface area contributed by atoms with Crippen molar-refractivity contribution >= 4 is 29.7 Å². The summed E-state index contributed by atoms with van der Waals surface area (Å²) in [6.07, 6.45) is 5.35. The Bertz CT molecular complexity index is 677. The summed E-state index contributed by atoms with van der Waals surface area (Å²) in [6, 6.07) is 4.77. The Balaban J connectivity index is 0.00000182. The van der Waals surface area contributed by atoms with Crippen molar-refractivity contribution in [1.29, 1.82) is 0 Å². The van der Waals surface area contributed by atoms with Gasteiger partial charge in [0.05, 0.1) is 4.88 Å². The molecule has 4 heterocycles.